The molecule has 1 fully saturated rings. The molecule has 26 heavy (non-hydrogen) atoms. The van der Waals surface area contributed by atoms with Gasteiger partial charge in [-0.25, -0.2) is 9.79 Å². The van der Waals surface area contributed by atoms with E-state index in [2.05, 4.69) is 4.99 Å². The Balaban J connectivity index is 1.78. The van der Waals surface area contributed by atoms with Crippen molar-refractivity contribution in [2.24, 2.45) is 10.7 Å². The zero-order valence-electron chi connectivity index (χ0n) is 14.4. The van der Waals surface area contributed by atoms with Gasteiger partial charge in [0.05, 0.1) is 5.70 Å². The van der Waals surface area contributed by atoms with Crippen LogP contribution in [-0.2, 0) is 9.59 Å². The average Bonchev–Trinajstić information content (AvgIpc) is 3.16. The van der Waals surface area contributed by atoms with E-state index in [9.17, 15) is 14.4 Å². The summed E-state index contributed by atoms with van der Waals surface area (Å²) in [5, 5.41) is 0. The number of hydrogen-bond acceptors (Lipinski definition) is 6. The fourth-order valence-corrected chi connectivity index (χ4v) is 3.52. The van der Waals surface area contributed by atoms with Crippen molar-refractivity contribution in [3.05, 3.63) is 42.1 Å². The summed E-state index contributed by atoms with van der Waals surface area (Å²) in [6.45, 7) is -0.0722. The molecular weight excluding hydrogens is 336 g/mol. The van der Waals surface area contributed by atoms with Crippen LogP contribution < -0.4 is 5.73 Å². The van der Waals surface area contributed by atoms with Gasteiger partial charge >= 0.3 is 6.03 Å². The largest absolute Gasteiger partial charge is 0.368 e. The van der Waals surface area contributed by atoms with Gasteiger partial charge in [-0.2, -0.15) is 0 Å². The summed E-state index contributed by atoms with van der Waals surface area (Å²) >= 11 is 0. The van der Waals surface area contributed by atoms with Gasteiger partial charge in [0, 0.05) is 20.3 Å². The van der Waals surface area contributed by atoms with Gasteiger partial charge in [0.2, 0.25) is 11.9 Å². The number of imide groups is 1. The molecule has 0 radical (unpaired) electrons. The molecule has 2 N–H and O–H groups in total. The van der Waals surface area contributed by atoms with Crippen molar-refractivity contribution in [3.8, 4) is 0 Å². The molecule has 3 aliphatic heterocycles. The Kier molecular flexibility index (Phi) is 3.46. The number of guanidine groups is 1. The molecule has 2 unspecified atom stereocenters. The summed E-state index contributed by atoms with van der Waals surface area (Å²) in [7, 11) is 3.06. The molecule has 4 rings (SSSR count). The SMILES string of the molecule is CN1C(=O)C2C(N=C3N(CC(N)=O)C(c4ccccc4)=CN32)N(C)C1=O. The van der Waals surface area contributed by atoms with E-state index in [1.54, 1.807) is 23.0 Å². The van der Waals surface area contributed by atoms with Gasteiger partial charge < -0.3 is 20.4 Å². The van der Waals surface area contributed by atoms with Gasteiger partial charge in [0.1, 0.15) is 6.54 Å². The number of urea groups is 1. The first-order chi connectivity index (χ1) is 12.4. The van der Waals surface area contributed by atoms with Gasteiger partial charge in [-0.15, -0.1) is 0 Å². The Morgan fingerprint density at radius 2 is 1.88 bits per heavy atom. The Morgan fingerprint density at radius 1 is 1.19 bits per heavy atom. The number of fused-ring (bicyclic) bond motifs is 3. The van der Waals surface area contributed by atoms with E-state index >= 15 is 0 Å². The minimum atomic E-state index is -0.658. The quantitative estimate of drug-likeness (QED) is 0.801. The van der Waals surface area contributed by atoms with Crippen LogP contribution in [0.5, 0.6) is 0 Å². The van der Waals surface area contributed by atoms with Crippen LogP contribution in [0.3, 0.4) is 0 Å². The molecule has 9 nitrogen and oxygen atoms in total. The summed E-state index contributed by atoms with van der Waals surface area (Å²) in [5.41, 5.74) is 7.03. The second-order valence-electron chi connectivity index (χ2n) is 6.42. The average molecular weight is 354 g/mol. The molecule has 0 aromatic heterocycles. The molecule has 3 aliphatic rings. The second-order valence-corrected chi connectivity index (χ2v) is 6.42. The Bertz CT molecular complexity index is 865. The highest BCUT2D eigenvalue weighted by molar-refractivity contribution is 6.07. The maximum absolute atomic E-state index is 12.7. The van der Waals surface area contributed by atoms with Crippen molar-refractivity contribution < 1.29 is 14.4 Å². The highest BCUT2D eigenvalue weighted by Crippen LogP contribution is 2.36. The van der Waals surface area contributed by atoms with Crippen LogP contribution in [0.4, 0.5) is 4.79 Å². The van der Waals surface area contributed by atoms with E-state index in [0.717, 1.165) is 16.2 Å². The summed E-state index contributed by atoms with van der Waals surface area (Å²) in [4.78, 5) is 47.0. The van der Waals surface area contributed by atoms with E-state index in [1.165, 1.54) is 11.9 Å². The van der Waals surface area contributed by atoms with Crippen molar-refractivity contribution in [3.63, 3.8) is 0 Å². The smallest absolute Gasteiger partial charge is 0.328 e. The predicted octanol–water partition coefficient (Wildman–Crippen LogP) is -0.324. The third-order valence-electron chi connectivity index (χ3n) is 4.81. The summed E-state index contributed by atoms with van der Waals surface area (Å²) in [6.07, 6.45) is 1.15. The van der Waals surface area contributed by atoms with Crippen molar-refractivity contribution in [2.45, 2.75) is 12.2 Å². The van der Waals surface area contributed by atoms with Crippen LogP contribution in [-0.4, -0.2) is 76.3 Å². The number of primary amides is 1. The fraction of sp³-hybridized carbons (Fsp3) is 0.294. The number of hydrogen-bond donors (Lipinski definition) is 1. The maximum atomic E-state index is 12.7. The van der Waals surface area contributed by atoms with Crippen molar-refractivity contribution in [2.75, 3.05) is 20.6 Å². The monoisotopic (exact) mass is 354 g/mol. The van der Waals surface area contributed by atoms with Gasteiger partial charge in [-0.05, 0) is 5.56 Å². The van der Waals surface area contributed by atoms with E-state index in [4.69, 9.17) is 5.73 Å². The van der Waals surface area contributed by atoms with E-state index in [1.807, 2.05) is 30.3 Å². The second kappa shape index (κ2) is 5.58. The molecule has 9 heteroatoms. The van der Waals surface area contributed by atoms with Crippen molar-refractivity contribution in [1.82, 2.24) is 19.6 Å². The molecule has 1 saturated heterocycles. The lowest BCUT2D eigenvalue weighted by atomic mass is 10.1. The summed E-state index contributed by atoms with van der Waals surface area (Å²) in [5.74, 6) is -0.401. The van der Waals surface area contributed by atoms with Gasteiger partial charge in [0.15, 0.2) is 12.2 Å². The van der Waals surface area contributed by atoms with E-state index < -0.39 is 24.1 Å². The van der Waals surface area contributed by atoms with Crippen LogP contribution in [0.15, 0.2) is 41.5 Å². The van der Waals surface area contributed by atoms with E-state index in [0.29, 0.717) is 5.96 Å². The zero-order chi connectivity index (χ0) is 18.6. The topological polar surface area (TPSA) is 103 Å². The third-order valence-corrected chi connectivity index (χ3v) is 4.81. The molecule has 4 amide bonds. The molecule has 0 aliphatic carbocycles. The number of likely N-dealkylation sites (N-methyl/N-ethyl adjacent to an activating group) is 2. The first kappa shape index (κ1) is 16.1. The van der Waals surface area contributed by atoms with Gasteiger partial charge in [0.25, 0.3) is 5.91 Å². The third kappa shape index (κ3) is 2.17. The molecule has 1 aromatic rings. The number of nitrogens with zero attached hydrogens (tertiary/aromatic N) is 5. The summed E-state index contributed by atoms with van der Waals surface area (Å²) in [6, 6.07) is 8.42. The highest BCUT2D eigenvalue weighted by Gasteiger charge is 2.53. The first-order valence-electron chi connectivity index (χ1n) is 8.13. The van der Waals surface area contributed by atoms with Gasteiger partial charge in [-0.1, -0.05) is 30.3 Å². The lowest BCUT2D eigenvalue weighted by molar-refractivity contribution is -0.135. The molecule has 0 saturated carbocycles. The van der Waals surface area contributed by atoms with Crippen LogP contribution in [0.25, 0.3) is 5.70 Å². The van der Waals surface area contributed by atoms with Crippen molar-refractivity contribution in [1.29, 1.82) is 0 Å². The Labute approximate surface area is 149 Å². The van der Waals surface area contributed by atoms with Crippen LogP contribution in [0.2, 0.25) is 0 Å². The number of carbonyl (C=O) groups is 3. The maximum Gasteiger partial charge on any atom is 0.328 e. The molecule has 2 atom stereocenters. The van der Waals surface area contributed by atoms with Gasteiger partial charge in [-0.3, -0.25) is 14.5 Å². The number of nitrogens with two attached hydrogens (primary N) is 1. The Morgan fingerprint density at radius 3 is 2.54 bits per heavy atom. The normalized spacial score (nSPS) is 24.5. The number of aliphatic imine (C=N–C) groups is 1. The van der Waals surface area contributed by atoms with Crippen molar-refractivity contribution >= 4 is 29.5 Å². The lowest BCUT2D eigenvalue weighted by Crippen LogP contribution is -2.63. The van der Waals surface area contributed by atoms with E-state index in [-0.39, 0.29) is 12.5 Å². The molecule has 0 spiro atoms. The Hall–Kier alpha value is -3.36. The molecular formula is C17H18N6O3. The highest BCUT2D eigenvalue weighted by atomic mass is 16.2. The van der Waals surface area contributed by atoms with Crippen LogP contribution in [0.1, 0.15) is 5.56 Å². The molecule has 1 aromatic carbocycles. The molecule has 0 bridgehead atoms. The zero-order valence-corrected chi connectivity index (χ0v) is 14.4. The first-order valence-corrected chi connectivity index (χ1v) is 8.13. The predicted molar refractivity (Wildman–Crippen MR) is 93.1 cm³/mol. The fourth-order valence-electron chi connectivity index (χ4n) is 3.52. The lowest BCUT2D eigenvalue weighted by Gasteiger charge is -2.38. The van der Waals surface area contributed by atoms with Crippen LogP contribution in [0, 0.1) is 0 Å². The number of amides is 4. The minimum Gasteiger partial charge on any atom is -0.368 e. The number of benzene rings is 1. The van der Waals surface area contributed by atoms with Crippen LogP contribution >= 0.6 is 0 Å². The minimum absolute atomic E-state index is 0.0722. The standard InChI is InChI=1S/C17H18N6O3/c1-20-14-13(15(25)21(2)17(20)26)23-8-11(10-6-4-3-5-7-10)22(9-12(18)24)16(23)19-14/h3-8,13-14H,9H2,1-2H3,(H2,18,24). The molecule has 134 valence electrons. The number of rotatable bonds is 3. The number of carbonyl (C=O) groups excluding carboxylic acids is 3. The molecule has 3 heterocycles. The summed E-state index contributed by atoms with van der Waals surface area (Å²) < 4.78 is 0.